The molecular formula is C8H10FNO4. The average molecular weight is 207 g/mol. The number of carbonyl (C=O) groups is 2. The van der Waals surface area contributed by atoms with E-state index in [1.165, 1.54) is 0 Å². The molecule has 2 saturated carbocycles. The molecule has 0 unspecified atom stereocenters. The van der Waals surface area contributed by atoms with Crippen molar-refractivity contribution in [1.29, 1.82) is 0 Å². The number of rotatable bonds is 2. The average Bonchev–Trinajstić information content (AvgIpc) is 2.86. The van der Waals surface area contributed by atoms with Gasteiger partial charge in [0.25, 0.3) is 0 Å². The normalized spacial score (nSPS) is 62.4. The highest BCUT2D eigenvalue weighted by atomic mass is 19.1. The SMILES string of the molecule is [3H][C@H]1[C@@]([3H])(F)[C@H]2[C@H](C(=O)O)[C@H]2[C@]1(N)C(=O)O. The van der Waals surface area contributed by atoms with Crippen LogP contribution in [-0.4, -0.2) is 33.8 Å². The van der Waals surface area contributed by atoms with Gasteiger partial charge < -0.3 is 15.9 Å². The molecule has 0 aromatic rings. The standard InChI is InChI=1S/C8H10FNO4/c9-2-1-8(10,7(13)14)5-3(2)4(5)6(11)12/h2-5H,1,10H2,(H,11,12)(H,13,14)/t2-,3+,4+,5+,8+/m1/s1/i1T,2T/t1-,2+,3-,4-,5-,8-/m0. The van der Waals surface area contributed by atoms with Crippen molar-refractivity contribution < 1.29 is 26.9 Å². The maximum absolute atomic E-state index is 13.8. The van der Waals surface area contributed by atoms with E-state index in [9.17, 15) is 14.0 Å². The van der Waals surface area contributed by atoms with E-state index >= 15 is 0 Å². The van der Waals surface area contributed by atoms with Gasteiger partial charge in [-0.3, -0.25) is 9.59 Å². The van der Waals surface area contributed by atoms with Crippen LogP contribution in [0.3, 0.4) is 0 Å². The summed E-state index contributed by atoms with van der Waals surface area (Å²) in [6.07, 6.45) is -4.89. The number of carboxylic acid groups (broad SMARTS) is 2. The van der Waals surface area contributed by atoms with E-state index < -0.39 is 47.8 Å². The second-order valence-electron chi connectivity index (χ2n) is 3.68. The quantitative estimate of drug-likeness (QED) is 0.564. The molecule has 0 heterocycles. The fraction of sp³-hybridized carbons (Fsp3) is 0.750. The van der Waals surface area contributed by atoms with Gasteiger partial charge in [0.1, 0.15) is 11.7 Å². The Labute approximate surface area is 81.5 Å². The van der Waals surface area contributed by atoms with Crippen LogP contribution in [0.25, 0.3) is 0 Å². The lowest BCUT2D eigenvalue weighted by Gasteiger charge is -2.21. The molecule has 0 saturated heterocycles. The van der Waals surface area contributed by atoms with Crippen molar-refractivity contribution >= 4 is 11.9 Å². The van der Waals surface area contributed by atoms with Gasteiger partial charge in [-0.15, -0.1) is 0 Å². The molecule has 0 aromatic carbocycles. The first-order valence-electron chi connectivity index (χ1n) is 5.10. The number of alkyl halides is 1. The second-order valence-corrected chi connectivity index (χ2v) is 3.68. The lowest BCUT2D eigenvalue weighted by molar-refractivity contribution is -0.145. The Morgan fingerprint density at radius 3 is 2.64 bits per heavy atom. The summed E-state index contributed by atoms with van der Waals surface area (Å²) in [6, 6.07) is 0. The molecule has 0 radical (unpaired) electrons. The van der Waals surface area contributed by atoms with Gasteiger partial charge in [0, 0.05) is 19.6 Å². The number of carboxylic acids is 2. The highest BCUT2D eigenvalue weighted by molar-refractivity contribution is 5.85. The van der Waals surface area contributed by atoms with Gasteiger partial charge in [-0.2, -0.15) is 0 Å². The Morgan fingerprint density at radius 2 is 2.21 bits per heavy atom. The lowest BCUT2D eigenvalue weighted by Crippen LogP contribution is -2.50. The zero-order chi connectivity index (χ0) is 12.5. The highest BCUT2D eigenvalue weighted by Gasteiger charge is 2.74. The number of halogens is 1. The number of aliphatic carboxylic acids is 2. The van der Waals surface area contributed by atoms with Crippen molar-refractivity contribution in [3.63, 3.8) is 0 Å². The van der Waals surface area contributed by atoms with Gasteiger partial charge in [0.15, 0.2) is 0 Å². The van der Waals surface area contributed by atoms with E-state index in [2.05, 4.69) is 0 Å². The first-order chi connectivity index (χ1) is 7.16. The topological polar surface area (TPSA) is 101 Å². The fourth-order valence-electron chi connectivity index (χ4n) is 2.18. The van der Waals surface area contributed by atoms with E-state index in [4.69, 9.17) is 18.7 Å². The summed E-state index contributed by atoms with van der Waals surface area (Å²) in [6.45, 7) is 0. The third-order valence-electron chi connectivity index (χ3n) is 2.92. The molecule has 0 spiro atoms. The van der Waals surface area contributed by atoms with Crippen LogP contribution in [0.2, 0.25) is 0 Å². The van der Waals surface area contributed by atoms with Crippen molar-refractivity contribution in [3.05, 3.63) is 0 Å². The van der Waals surface area contributed by atoms with E-state index in [-0.39, 0.29) is 0 Å². The maximum atomic E-state index is 13.8. The zero-order valence-electron chi connectivity index (χ0n) is 8.98. The van der Waals surface area contributed by atoms with E-state index in [1.54, 1.807) is 0 Å². The van der Waals surface area contributed by atoms with Gasteiger partial charge in [0.2, 0.25) is 0 Å². The van der Waals surface area contributed by atoms with Gasteiger partial charge in [0.05, 0.1) is 7.29 Å². The minimum atomic E-state index is -2.92. The highest BCUT2D eigenvalue weighted by Crippen LogP contribution is 2.62. The van der Waals surface area contributed by atoms with Crippen LogP contribution in [0.4, 0.5) is 4.39 Å². The van der Waals surface area contributed by atoms with Crippen molar-refractivity contribution in [3.8, 4) is 0 Å². The third kappa shape index (κ3) is 0.914. The Bertz CT molecular complexity index is 390. The molecule has 0 aliphatic heterocycles. The summed E-state index contributed by atoms with van der Waals surface area (Å²) < 4.78 is 28.4. The van der Waals surface area contributed by atoms with Crippen LogP contribution in [0, 0.1) is 17.8 Å². The van der Waals surface area contributed by atoms with Crippen LogP contribution in [-0.2, 0) is 9.59 Å². The Balaban J connectivity index is 2.44. The molecule has 78 valence electrons. The Morgan fingerprint density at radius 1 is 1.64 bits per heavy atom. The molecule has 2 rings (SSSR count). The molecule has 5 nitrogen and oxygen atoms in total. The van der Waals surface area contributed by atoms with Crippen molar-refractivity contribution in [1.82, 2.24) is 0 Å². The Hall–Kier alpha value is -1.17. The second kappa shape index (κ2) is 2.44. The predicted octanol–water partition coefficient (Wildman–Crippen LogP) is -0.543. The smallest absolute Gasteiger partial charge is 0.324 e. The van der Waals surface area contributed by atoms with Crippen LogP contribution >= 0.6 is 0 Å². The van der Waals surface area contributed by atoms with Crippen LogP contribution < -0.4 is 5.73 Å². The lowest BCUT2D eigenvalue weighted by atomic mass is 9.91. The maximum Gasteiger partial charge on any atom is 0.324 e. The first-order valence-corrected chi connectivity index (χ1v) is 4.03. The molecule has 6 heteroatoms. The molecule has 0 amide bonds. The van der Waals surface area contributed by atoms with E-state index in [0.29, 0.717) is 0 Å². The molecule has 4 N–H and O–H groups in total. The van der Waals surface area contributed by atoms with Crippen LogP contribution in [0.5, 0.6) is 0 Å². The van der Waals surface area contributed by atoms with Gasteiger partial charge in [-0.1, -0.05) is 0 Å². The summed E-state index contributed by atoms with van der Waals surface area (Å²) in [4.78, 5) is 21.7. The number of fused-ring (bicyclic) bond motifs is 1. The van der Waals surface area contributed by atoms with Crippen molar-refractivity contribution in [2.75, 3.05) is 0 Å². The number of nitrogens with two attached hydrogens (primary N) is 1. The van der Waals surface area contributed by atoms with Crippen molar-refractivity contribution in [2.24, 2.45) is 23.5 Å². The molecule has 14 heavy (non-hydrogen) atoms. The minimum Gasteiger partial charge on any atom is -0.481 e. The monoisotopic (exact) mass is 207 g/mol. The molecule has 0 bridgehead atoms. The summed E-state index contributed by atoms with van der Waals surface area (Å²) >= 11 is 0. The summed E-state index contributed by atoms with van der Waals surface area (Å²) in [7, 11) is 0. The number of hydrogen-bond acceptors (Lipinski definition) is 3. The number of hydrogen-bond donors (Lipinski definition) is 3. The van der Waals surface area contributed by atoms with Gasteiger partial charge >= 0.3 is 11.9 Å². The molecular weight excluding hydrogens is 193 g/mol. The van der Waals surface area contributed by atoms with Crippen LogP contribution in [0.1, 0.15) is 9.14 Å². The van der Waals surface area contributed by atoms with Gasteiger partial charge in [-0.05, 0) is 0 Å². The molecule has 2 aliphatic rings. The summed E-state index contributed by atoms with van der Waals surface area (Å²) in [5.74, 6) is -6.74. The summed E-state index contributed by atoms with van der Waals surface area (Å²) in [5.41, 5.74) is 3.14. The molecule has 6 atom stereocenters. The Kier molecular flexibility index (Phi) is 1.25. The van der Waals surface area contributed by atoms with Crippen LogP contribution in [0.15, 0.2) is 0 Å². The molecule has 2 fully saturated rings. The van der Waals surface area contributed by atoms with E-state index in [1.807, 2.05) is 0 Å². The first kappa shape index (κ1) is 7.17. The van der Waals surface area contributed by atoms with Crippen molar-refractivity contribution in [2.45, 2.75) is 18.1 Å². The zero-order valence-corrected chi connectivity index (χ0v) is 6.98. The molecule has 0 aromatic heterocycles. The molecule has 2 aliphatic carbocycles. The minimum absolute atomic E-state index is 1.17. The van der Waals surface area contributed by atoms with Gasteiger partial charge in [-0.25, -0.2) is 4.39 Å². The largest absolute Gasteiger partial charge is 0.481 e. The third-order valence-corrected chi connectivity index (χ3v) is 2.92. The predicted molar refractivity (Wildman–Crippen MR) is 42.2 cm³/mol. The summed E-state index contributed by atoms with van der Waals surface area (Å²) in [5, 5.41) is 17.6. The fourth-order valence-corrected chi connectivity index (χ4v) is 2.18. The van der Waals surface area contributed by atoms with E-state index in [0.717, 1.165) is 0 Å².